The summed E-state index contributed by atoms with van der Waals surface area (Å²) in [5.74, 6) is -0.302. The number of aromatic nitrogens is 4. The summed E-state index contributed by atoms with van der Waals surface area (Å²) in [5, 5.41) is 11.1. The minimum atomic E-state index is -4.48. The number of rotatable bonds is 7. The minimum Gasteiger partial charge on any atom is -0.352 e. The Morgan fingerprint density at radius 2 is 1.67 bits per heavy atom. The van der Waals surface area contributed by atoms with Gasteiger partial charge in [-0.2, -0.15) is 23.4 Å². The number of carbonyl (C=O) groups is 1. The maximum Gasteiger partial charge on any atom is 0.435 e. The lowest BCUT2D eigenvalue weighted by molar-refractivity contribution is -0.141. The summed E-state index contributed by atoms with van der Waals surface area (Å²) < 4.78 is 41.4. The maximum atomic E-state index is 13.0. The van der Waals surface area contributed by atoms with Gasteiger partial charge >= 0.3 is 6.18 Å². The van der Waals surface area contributed by atoms with Crippen LogP contribution in [0.3, 0.4) is 0 Å². The SMILES string of the molecule is Cc1cc(C(F)(F)F)nn1CCCNC(=O)c1cn(-c2ccccc2)nc1-c1ccccc1. The molecule has 0 radical (unpaired) electrons. The summed E-state index contributed by atoms with van der Waals surface area (Å²) >= 11 is 0. The van der Waals surface area contributed by atoms with E-state index >= 15 is 0 Å². The lowest BCUT2D eigenvalue weighted by Gasteiger charge is -2.07. The number of alkyl halides is 3. The van der Waals surface area contributed by atoms with Gasteiger partial charge in [-0.3, -0.25) is 9.48 Å². The molecule has 170 valence electrons. The average molecular weight is 453 g/mol. The number of nitrogens with one attached hydrogen (secondary N) is 1. The van der Waals surface area contributed by atoms with Crippen molar-refractivity contribution in [3.05, 3.63) is 89.9 Å². The zero-order chi connectivity index (χ0) is 23.4. The predicted octanol–water partition coefficient (Wildman–Crippen LogP) is 4.88. The number of nitrogens with zero attached hydrogens (tertiary/aromatic N) is 4. The second-order valence-electron chi connectivity index (χ2n) is 7.54. The Morgan fingerprint density at radius 3 is 2.30 bits per heavy atom. The molecule has 0 aliphatic rings. The van der Waals surface area contributed by atoms with Crippen molar-refractivity contribution in [2.75, 3.05) is 6.54 Å². The predicted molar refractivity (Wildman–Crippen MR) is 118 cm³/mol. The number of carbonyl (C=O) groups excluding carboxylic acids is 1. The van der Waals surface area contributed by atoms with E-state index in [9.17, 15) is 18.0 Å². The maximum absolute atomic E-state index is 13.0. The summed E-state index contributed by atoms with van der Waals surface area (Å²) in [5.41, 5.74) is 2.11. The number of hydrogen-bond acceptors (Lipinski definition) is 3. The molecular weight excluding hydrogens is 431 g/mol. The van der Waals surface area contributed by atoms with Gasteiger partial charge in [-0.15, -0.1) is 0 Å². The summed E-state index contributed by atoms with van der Waals surface area (Å²) in [7, 11) is 0. The topological polar surface area (TPSA) is 64.7 Å². The highest BCUT2D eigenvalue weighted by Gasteiger charge is 2.34. The zero-order valence-electron chi connectivity index (χ0n) is 17.9. The van der Waals surface area contributed by atoms with Gasteiger partial charge in [0.05, 0.1) is 11.3 Å². The molecule has 0 atom stereocenters. The molecule has 6 nitrogen and oxygen atoms in total. The third-order valence-electron chi connectivity index (χ3n) is 5.13. The van der Waals surface area contributed by atoms with Gasteiger partial charge in [-0.05, 0) is 31.5 Å². The van der Waals surface area contributed by atoms with Crippen molar-refractivity contribution < 1.29 is 18.0 Å². The number of benzene rings is 2. The number of halogens is 3. The first-order chi connectivity index (χ1) is 15.8. The Morgan fingerprint density at radius 1 is 1.00 bits per heavy atom. The summed E-state index contributed by atoms with van der Waals surface area (Å²) in [6.07, 6.45) is -2.36. The van der Waals surface area contributed by atoms with E-state index in [1.807, 2.05) is 60.7 Å². The third kappa shape index (κ3) is 5.14. The minimum absolute atomic E-state index is 0.261. The van der Waals surface area contributed by atoms with Gasteiger partial charge < -0.3 is 5.32 Å². The molecule has 2 aromatic heterocycles. The van der Waals surface area contributed by atoms with Gasteiger partial charge in [0.25, 0.3) is 5.91 Å². The van der Waals surface area contributed by atoms with Crippen LogP contribution in [0.2, 0.25) is 0 Å². The van der Waals surface area contributed by atoms with E-state index in [0.29, 0.717) is 23.4 Å². The molecule has 4 aromatic rings. The smallest absolute Gasteiger partial charge is 0.352 e. The molecule has 1 N–H and O–H groups in total. The highest BCUT2D eigenvalue weighted by molar-refractivity contribution is 5.99. The molecule has 1 amide bonds. The van der Waals surface area contributed by atoms with E-state index in [1.54, 1.807) is 17.8 Å². The van der Waals surface area contributed by atoms with E-state index in [4.69, 9.17) is 0 Å². The number of amides is 1. The van der Waals surface area contributed by atoms with Crippen LogP contribution >= 0.6 is 0 Å². The number of hydrogen-bond donors (Lipinski definition) is 1. The molecule has 0 spiro atoms. The first-order valence-corrected chi connectivity index (χ1v) is 10.4. The van der Waals surface area contributed by atoms with Crippen LogP contribution in [0.4, 0.5) is 13.2 Å². The van der Waals surface area contributed by atoms with Crippen molar-refractivity contribution in [2.45, 2.75) is 26.1 Å². The van der Waals surface area contributed by atoms with Crippen molar-refractivity contribution in [2.24, 2.45) is 0 Å². The van der Waals surface area contributed by atoms with Crippen LogP contribution in [0.25, 0.3) is 16.9 Å². The van der Waals surface area contributed by atoms with Gasteiger partial charge in [-0.25, -0.2) is 4.68 Å². The second-order valence-corrected chi connectivity index (χ2v) is 7.54. The monoisotopic (exact) mass is 453 g/mol. The Kier molecular flexibility index (Phi) is 6.30. The molecule has 0 saturated heterocycles. The van der Waals surface area contributed by atoms with Crippen LogP contribution in [-0.4, -0.2) is 32.0 Å². The van der Waals surface area contributed by atoms with Gasteiger partial charge in [0, 0.05) is 30.5 Å². The molecule has 4 rings (SSSR count). The normalized spacial score (nSPS) is 11.5. The number of aryl methyl sites for hydroxylation is 2. The molecule has 9 heteroatoms. The summed E-state index contributed by atoms with van der Waals surface area (Å²) in [6, 6.07) is 19.9. The lowest BCUT2D eigenvalue weighted by atomic mass is 10.1. The standard InChI is InChI=1S/C24H22F3N5O/c1-17-15-21(24(25,26)27)29-31(17)14-8-13-28-23(33)20-16-32(19-11-6-3-7-12-19)30-22(20)18-9-4-2-5-10-18/h2-7,9-12,15-16H,8,13-14H2,1H3,(H,28,33). The fourth-order valence-electron chi connectivity index (χ4n) is 3.46. The van der Waals surface area contributed by atoms with Crippen molar-refractivity contribution in [3.63, 3.8) is 0 Å². The lowest BCUT2D eigenvalue weighted by Crippen LogP contribution is -2.25. The van der Waals surface area contributed by atoms with E-state index in [2.05, 4.69) is 15.5 Å². The Balaban J connectivity index is 1.47. The van der Waals surface area contributed by atoms with Crippen LogP contribution in [0.5, 0.6) is 0 Å². The quantitative estimate of drug-likeness (QED) is 0.406. The summed E-state index contributed by atoms with van der Waals surface area (Å²) in [6.45, 7) is 2.12. The molecule has 33 heavy (non-hydrogen) atoms. The van der Waals surface area contributed by atoms with Gasteiger partial charge in [0.2, 0.25) is 0 Å². The second kappa shape index (κ2) is 9.32. The molecular formula is C24H22F3N5O. The van der Waals surface area contributed by atoms with E-state index in [1.165, 1.54) is 4.68 Å². The Hall–Kier alpha value is -3.88. The van der Waals surface area contributed by atoms with E-state index < -0.39 is 11.9 Å². The van der Waals surface area contributed by atoms with E-state index in [0.717, 1.165) is 17.3 Å². The fourth-order valence-corrected chi connectivity index (χ4v) is 3.46. The van der Waals surface area contributed by atoms with Crippen LogP contribution < -0.4 is 5.32 Å². The van der Waals surface area contributed by atoms with E-state index in [-0.39, 0.29) is 19.0 Å². The largest absolute Gasteiger partial charge is 0.435 e. The van der Waals surface area contributed by atoms with Gasteiger partial charge in [0.1, 0.15) is 5.69 Å². The molecule has 0 aliphatic carbocycles. The van der Waals surface area contributed by atoms with Gasteiger partial charge in [0.15, 0.2) is 5.69 Å². The third-order valence-corrected chi connectivity index (χ3v) is 5.13. The van der Waals surface area contributed by atoms with Crippen LogP contribution in [0.15, 0.2) is 72.9 Å². The first kappa shape index (κ1) is 22.3. The van der Waals surface area contributed by atoms with Crippen molar-refractivity contribution in [3.8, 4) is 16.9 Å². The van der Waals surface area contributed by atoms with Crippen molar-refractivity contribution in [1.29, 1.82) is 0 Å². The number of para-hydroxylation sites is 1. The molecule has 2 aromatic carbocycles. The van der Waals surface area contributed by atoms with Crippen molar-refractivity contribution >= 4 is 5.91 Å². The van der Waals surface area contributed by atoms with Crippen molar-refractivity contribution in [1.82, 2.24) is 24.9 Å². The molecule has 2 heterocycles. The Bertz CT molecular complexity index is 1230. The average Bonchev–Trinajstić information content (AvgIpc) is 3.42. The van der Waals surface area contributed by atoms with Crippen LogP contribution in [-0.2, 0) is 12.7 Å². The first-order valence-electron chi connectivity index (χ1n) is 10.4. The highest BCUT2D eigenvalue weighted by Crippen LogP contribution is 2.28. The van der Waals surface area contributed by atoms with Crippen LogP contribution in [0.1, 0.15) is 28.2 Å². The van der Waals surface area contributed by atoms with Crippen LogP contribution in [0, 0.1) is 6.92 Å². The highest BCUT2D eigenvalue weighted by atomic mass is 19.4. The molecule has 0 aliphatic heterocycles. The molecule has 0 bridgehead atoms. The molecule has 0 saturated carbocycles. The molecule has 0 unspecified atom stereocenters. The fraction of sp³-hybridized carbons (Fsp3) is 0.208. The zero-order valence-corrected chi connectivity index (χ0v) is 17.9. The van der Waals surface area contributed by atoms with Gasteiger partial charge in [-0.1, -0.05) is 48.5 Å². The summed E-state index contributed by atoms with van der Waals surface area (Å²) in [4.78, 5) is 13.0. The Labute approximate surface area is 188 Å². The molecule has 0 fully saturated rings.